The van der Waals surface area contributed by atoms with Gasteiger partial charge >= 0.3 is 11.9 Å². The largest absolute Gasteiger partial charge is 0.481 e. The normalized spacial score (nSPS) is 18.6. The molecule has 0 bridgehead atoms. The molecule has 2 N–H and O–H groups in total. The number of rotatable bonds is 5. The van der Waals surface area contributed by atoms with Crippen LogP contribution in [0.1, 0.15) is 32.6 Å². The molecular weight excluding hydrogens is 172 g/mol. The van der Waals surface area contributed by atoms with Gasteiger partial charge in [-0.05, 0) is 24.2 Å². The van der Waals surface area contributed by atoms with Crippen LogP contribution in [0.25, 0.3) is 0 Å². The van der Waals surface area contributed by atoms with Gasteiger partial charge in [0.05, 0.1) is 0 Å². The predicted molar refractivity (Wildman–Crippen MR) is 45.3 cm³/mol. The Morgan fingerprint density at radius 3 is 1.85 bits per heavy atom. The van der Waals surface area contributed by atoms with Crippen LogP contribution in [0.2, 0.25) is 0 Å². The first-order chi connectivity index (χ1) is 5.94. The van der Waals surface area contributed by atoms with Crippen LogP contribution in [-0.4, -0.2) is 22.2 Å². The van der Waals surface area contributed by atoms with E-state index in [0.717, 1.165) is 12.8 Å². The predicted octanol–water partition coefficient (Wildman–Crippen LogP) is 1.35. The Hall–Kier alpha value is -1.06. The van der Waals surface area contributed by atoms with E-state index in [1.807, 2.05) is 6.92 Å². The second kappa shape index (κ2) is 3.36. The maximum absolute atomic E-state index is 10.5. The van der Waals surface area contributed by atoms with Crippen molar-refractivity contribution in [1.82, 2.24) is 0 Å². The van der Waals surface area contributed by atoms with Crippen LogP contribution in [0.3, 0.4) is 0 Å². The maximum atomic E-state index is 10.5. The Morgan fingerprint density at radius 2 is 1.62 bits per heavy atom. The Labute approximate surface area is 76.6 Å². The summed E-state index contributed by atoms with van der Waals surface area (Å²) in [5, 5.41) is 17.2. The van der Waals surface area contributed by atoms with E-state index in [2.05, 4.69) is 0 Å². The Balaban J connectivity index is 2.54. The second-order valence-electron chi connectivity index (χ2n) is 4.05. The summed E-state index contributed by atoms with van der Waals surface area (Å²) in [6, 6.07) is 0. The van der Waals surface area contributed by atoms with Gasteiger partial charge in [-0.2, -0.15) is 0 Å². The van der Waals surface area contributed by atoms with Crippen LogP contribution in [-0.2, 0) is 9.59 Å². The highest BCUT2D eigenvalue weighted by Gasteiger charge is 2.46. The standard InChI is InChI=1S/C9H14O4/c1-9(2-3-9)6(4-7(10)11)5-8(12)13/h6H,2-5H2,1H3,(H,10,11)(H,12,13). The van der Waals surface area contributed by atoms with Crippen LogP contribution in [0.4, 0.5) is 0 Å². The highest BCUT2D eigenvalue weighted by atomic mass is 16.4. The minimum absolute atomic E-state index is 0.0250. The van der Waals surface area contributed by atoms with Crippen molar-refractivity contribution < 1.29 is 19.8 Å². The van der Waals surface area contributed by atoms with E-state index in [-0.39, 0.29) is 24.2 Å². The minimum Gasteiger partial charge on any atom is -0.481 e. The molecule has 4 nitrogen and oxygen atoms in total. The molecular formula is C9H14O4. The van der Waals surface area contributed by atoms with Crippen molar-refractivity contribution >= 4 is 11.9 Å². The van der Waals surface area contributed by atoms with Crippen molar-refractivity contribution in [3.05, 3.63) is 0 Å². The van der Waals surface area contributed by atoms with E-state index in [9.17, 15) is 9.59 Å². The van der Waals surface area contributed by atoms with E-state index in [1.165, 1.54) is 0 Å². The van der Waals surface area contributed by atoms with Crippen molar-refractivity contribution in [3.8, 4) is 0 Å². The van der Waals surface area contributed by atoms with Crippen molar-refractivity contribution in [2.45, 2.75) is 32.6 Å². The van der Waals surface area contributed by atoms with Crippen molar-refractivity contribution in [1.29, 1.82) is 0 Å². The van der Waals surface area contributed by atoms with Gasteiger partial charge in [0.2, 0.25) is 0 Å². The molecule has 0 unspecified atom stereocenters. The zero-order chi connectivity index (χ0) is 10.1. The number of hydrogen-bond acceptors (Lipinski definition) is 2. The van der Waals surface area contributed by atoms with Crippen LogP contribution < -0.4 is 0 Å². The zero-order valence-electron chi connectivity index (χ0n) is 7.62. The first kappa shape index (κ1) is 10.0. The molecule has 1 aliphatic rings. The summed E-state index contributed by atoms with van der Waals surface area (Å²) in [4.78, 5) is 20.9. The topological polar surface area (TPSA) is 74.6 Å². The van der Waals surface area contributed by atoms with Crippen molar-refractivity contribution in [2.24, 2.45) is 11.3 Å². The third-order valence-corrected chi connectivity index (χ3v) is 2.87. The summed E-state index contributed by atoms with van der Waals surface area (Å²) in [7, 11) is 0. The van der Waals surface area contributed by atoms with E-state index < -0.39 is 11.9 Å². The average Bonchev–Trinajstić information content (AvgIpc) is 2.66. The molecule has 0 aliphatic heterocycles. The van der Waals surface area contributed by atoms with Gasteiger partial charge in [-0.25, -0.2) is 0 Å². The molecule has 0 amide bonds. The molecule has 0 heterocycles. The fourth-order valence-electron chi connectivity index (χ4n) is 1.59. The molecule has 0 aromatic carbocycles. The third kappa shape index (κ3) is 2.72. The lowest BCUT2D eigenvalue weighted by Crippen LogP contribution is -2.20. The van der Waals surface area contributed by atoms with Gasteiger partial charge in [0, 0.05) is 12.8 Å². The molecule has 1 fully saturated rings. The summed E-state index contributed by atoms with van der Waals surface area (Å²) >= 11 is 0. The molecule has 0 aromatic heterocycles. The van der Waals surface area contributed by atoms with Gasteiger partial charge in [0.25, 0.3) is 0 Å². The SMILES string of the molecule is CC1(C(CC(=O)O)CC(=O)O)CC1. The molecule has 0 atom stereocenters. The highest BCUT2D eigenvalue weighted by Crippen LogP contribution is 2.53. The van der Waals surface area contributed by atoms with Gasteiger partial charge in [-0.15, -0.1) is 0 Å². The molecule has 74 valence electrons. The molecule has 1 saturated carbocycles. The number of carbonyl (C=O) groups is 2. The first-order valence-corrected chi connectivity index (χ1v) is 4.37. The summed E-state index contributed by atoms with van der Waals surface area (Å²) in [5.74, 6) is -2.01. The van der Waals surface area contributed by atoms with Crippen LogP contribution >= 0.6 is 0 Å². The summed E-state index contributed by atoms with van der Waals surface area (Å²) in [6.07, 6.45) is 1.86. The zero-order valence-corrected chi connectivity index (χ0v) is 7.62. The smallest absolute Gasteiger partial charge is 0.303 e. The minimum atomic E-state index is -0.903. The van der Waals surface area contributed by atoms with Crippen molar-refractivity contribution in [2.75, 3.05) is 0 Å². The van der Waals surface area contributed by atoms with E-state index in [1.54, 1.807) is 0 Å². The number of carboxylic acids is 2. The number of aliphatic carboxylic acids is 2. The fourth-order valence-corrected chi connectivity index (χ4v) is 1.59. The molecule has 0 aromatic rings. The van der Waals surface area contributed by atoms with Crippen LogP contribution in [0.5, 0.6) is 0 Å². The van der Waals surface area contributed by atoms with E-state index in [0.29, 0.717) is 0 Å². The summed E-state index contributed by atoms with van der Waals surface area (Å²) < 4.78 is 0. The van der Waals surface area contributed by atoms with Gasteiger partial charge in [0.15, 0.2) is 0 Å². The molecule has 13 heavy (non-hydrogen) atoms. The van der Waals surface area contributed by atoms with Gasteiger partial charge in [-0.1, -0.05) is 6.92 Å². The Bertz CT molecular complexity index is 214. The fraction of sp³-hybridized carbons (Fsp3) is 0.778. The first-order valence-electron chi connectivity index (χ1n) is 4.37. The molecule has 0 radical (unpaired) electrons. The monoisotopic (exact) mass is 186 g/mol. The maximum Gasteiger partial charge on any atom is 0.303 e. The Kier molecular flexibility index (Phi) is 2.59. The Morgan fingerprint density at radius 1 is 1.23 bits per heavy atom. The number of carboxylic acid groups (broad SMARTS) is 2. The lowest BCUT2D eigenvalue weighted by Gasteiger charge is -2.19. The van der Waals surface area contributed by atoms with Gasteiger partial charge in [-0.3, -0.25) is 9.59 Å². The average molecular weight is 186 g/mol. The quantitative estimate of drug-likeness (QED) is 0.679. The molecule has 0 spiro atoms. The third-order valence-electron chi connectivity index (χ3n) is 2.87. The lowest BCUT2D eigenvalue weighted by molar-refractivity contribution is -0.141. The van der Waals surface area contributed by atoms with Crippen molar-refractivity contribution in [3.63, 3.8) is 0 Å². The van der Waals surface area contributed by atoms with Crippen LogP contribution in [0.15, 0.2) is 0 Å². The summed E-state index contributed by atoms with van der Waals surface area (Å²) in [5.41, 5.74) is -0.0310. The molecule has 4 heteroatoms. The second-order valence-corrected chi connectivity index (χ2v) is 4.05. The van der Waals surface area contributed by atoms with Gasteiger partial charge in [0.1, 0.15) is 0 Å². The van der Waals surface area contributed by atoms with Gasteiger partial charge < -0.3 is 10.2 Å². The number of hydrogen-bond donors (Lipinski definition) is 2. The highest BCUT2D eigenvalue weighted by molar-refractivity contribution is 5.71. The van der Waals surface area contributed by atoms with Crippen LogP contribution in [0, 0.1) is 11.3 Å². The molecule has 0 saturated heterocycles. The van der Waals surface area contributed by atoms with E-state index in [4.69, 9.17) is 10.2 Å². The summed E-state index contributed by atoms with van der Waals surface area (Å²) in [6.45, 7) is 1.96. The molecule has 1 aliphatic carbocycles. The lowest BCUT2D eigenvalue weighted by atomic mass is 9.85. The van der Waals surface area contributed by atoms with E-state index >= 15 is 0 Å². The molecule has 1 rings (SSSR count).